The number of anilines is 2. The van der Waals surface area contributed by atoms with Crippen LogP contribution in [0.25, 0.3) is 11.3 Å². The summed E-state index contributed by atoms with van der Waals surface area (Å²) < 4.78 is 33.7. The van der Waals surface area contributed by atoms with Crippen LogP contribution >= 0.6 is 0 Å². The van der Waals surface area contributed by atoms with Crippen molar-refractivity contribution in [1.29, 1.82) is 5.26 Å². The van der Waals surface area contributed by atoms with Gasteiger partial charge in [0.2, 0.25) is 5.95 Å². The average molecular weight is 407 g/mol. The lowest BCUT2D eigenvalue weighted by Crippen LogP contribution is -2.52. The molecule has 1 aliphatic heterocycles. The van der Waals surface area contributed by atoms with Gasteiger partial charge in [0.1, 0.15) is 11.8 Å². The van der Waals surface area contributed by atoms with Crippen LogP contribution in [0.2, 0.25) is 0 Å². The van der Waals surface area contributed by atoms with Crippen molar-refractivity contribution in [3.05, 3.63) is 66.4 Å². The fraction of sp³-hybridized carbons (Fsp3) is 0.227. The Hall–Kier alpha value is -3.57. The molecular weight excluding hydrogens is 388 g/mol. The van der Waals surface area contributed by atoms with Crippen molar-refractivity contribution in [2.24, 2.45) is 0 Å². The molecule has 1 atom stereocenters. The molecule has 1 aliphatic rings. The number of rotatable bonds is 5. The van der Waals surface area contributed by atoms with E-state index in [4.69, 9.17) is 4.74 Å². The number of alkyl halides is 2. The van der Waals surface area contributed by atoms with Crippen LogP contribution in [0, 0.1) is 11.3 Å². The molecule has 0 saturated carbocycles. The van der Waals surface area contributed by atoms with E-state index in [0.717, 1.165) is 5.69 Å². The number of hydrogen-bond donors (Lipinski definition) is 2. The third kappa shape index (κ3) is 4.36. The van der Waals surface area contributed by atoms with Gasteiger partial charge in [-0.2, -0.15) is 5.26 Å². The van der Waals surface area contributed by atoms with Gasteiger partial charge in [0.05, 0.1) is 17.8 Å². The molecule has 1 fully saturated rings. The summed E-state index contributed by atoms with van der Waals surface area (Å²) in [6, 6.07) is 18.1. The van der Waals surface area contributed by atoms with Crippen molar-refractivity contribution >= 4 is 11.6 Å². The van der Waals surface area contributed by atoms with E-state index < -0.39 is 18.6 Å². The number of piperidine rings is 1. The molecule has 0 spiro atoms. The quantitative estimate of drug-likeness (QED) is 0.662. The largest absolute Gasteiger partial charge is 0.483 e. The summed E-state index contributed by atoms with van der Waals surface area (Å²) in [6.45, 7) is 0.00805. The first-order chi connectivity index (χ1) is 14.5. The predicted octanol–water partition coefficient (Wildman–Crippen LogP) is 4.13. The first-order valence-corrected chi connectivity index (χ1v) is 9.50. The minimum Gasteiger partial charge on any atom is -0.483 e. The normalized spacial score (nSPS) is 17.7. The third-order valence-electron chi connectivity index (χ3n) is 4.77. The van der Waals surface area contributed by atoms with Gasteiger partial charge in [-0.3, -0.25) is 0 Å². The van der Waals surface area contributed by atoms with Crippen molar-refractivity contribution in [2.45, 2.75) is 18.4 Å². The monoisotopic (exact) mass is 407 g/mol. The SMILES string of the molecule is N#Cc1cc(-c2ccnc(Nc3ccccc3)n2)ccc1OC1CCNCC1(F)F. The second-order valence-electron chi connectivity index (χ2n) is 6.91. The Morgan fingerprint density at radius 2 is 2.00 bits per heavy atom. The molecular formula is C22H19F2N5O. The molecule has 2 aromatic carbocycles. The molecule has 1 saturated heterocycles. The van der Waals surface area contributed by atoms with Crippen LogP contribution in [-0.2, 0) is 0 Å². The second-order valence-corrected chi connectivity index (χ2v) is 6.91. The fourth-order valence-corrected chi connectivity index (χ4v) is 3.22. The van der Waals surface area contributed by atoms with Gasteiger partial charge in [0.15, 0.2) is 6.10 Å². The van der Waals surface area contributed by atoms with Gasteiger partial charge < -0.3 is 15.4 Å². The molecule has 152 valence electrons. The van der Waals surface area contributed by atoms with Crippen LogP contribution in [0.4, 0.5) is 20.4 Å². The third-order valence-corrected chi connectivity index (χ3v) is 4.77. The zero-order valence-electron chi connectivity index (χ0n) is 16.0. The van der Waals surface area contributed by atoms with Gasteiger partial charge in [-0.15, -0.1) is 0 Å². The minimum absolute atomic E-state index is 0.143. The topological polar surface area (TPSA) is 82.9 Å². The summed E-state index contributed by atoms with van der Waals surface area (Å²) in [6.07, 6.45) is 0.511. The molecule has 3 aromatic rings. The lowest BCUT2D eigenvalue weighted by atomic mass is 10.0. The van der Waals surface area contributed by atoms with E-state index in [-0.39, 0.29) is 17.7 Å². The molecule has 0 radical (unpaired) electrons. The van der Waals surface area contributed by atoms with Crippen LogP contribution in [-0.4, -0.2) is 35.1 Å². The van der Waals surface area contributed by atoms with Crippen LogP contribution in [0.15, 0.2) is 60.8 Å². The first-order valence-electron chi connectivity index (χ1n) is 9.50. The number of halogens is 2. The summed E-state index contributed by atoms with van der Waals surface area (Å²) in [5.74, 6) is -2.44. The van der Waals surface area contributed by atoms with E-state index >= 15 is 0 Å². The Morgan fingerprint density at radius 1 is 1.17 bits per heavy atom. The van der Waals surface area contributed by atoms with E-state index in [1.165, 1.54) is 0 Å². The Morgan fingerprint density at radius 3 is 2.77 bits per heavy atom. The van der Waals surface area contributed by atoms with Crippen LogP contribution in [0.5, 0.6) is 5.75 Å². The van der Waals surface area contributed by atoms with E-state index in [9.17, 15) is 14.0 Å². The summed E-state index contributed by atoms with van der Waals surface area (Å²) in [5, 5.41) is 15.3. The zero-order valence-corrected chi connectivity index (χ0v) is 16.0. The van der Waals surface area contributed by atoms with Crippen molar-refractivity contribution < 1.29 is 13.5 Å². The van der Waals surface area contributed by atoms with Gasteiger partial charge in [0.25, 0.3) is 5.92 Å². The molecule has 8 heteroatoms. The maximum absolute atomic E-state index is 14.1. The highest BCUT2D eigenvalue weighted by molar-refractivity contribution is 5.65. The lowest BCUT2D eigenvalue weighted by Gasteiger charge is -2.32. The summed E-state index contributed by atoms with van der Waals surface area (Å²) in [4.78, 5) is 8.69. The maximum Gasteiger partial charge on any atom is 0.296 e. The van der Waals surface area contributed by atoms with Crippen molar-refractivity contribution in [3.63, 3.8) is 0 Å². The Bertz CT molecular complexity index is 1070. The number of para-hydroxylation sites is 1. The van der Waals surface area contributed by atoms with Gasteiger partial charge in [-0.25, -0.2) is 18.7 Å². The molecule has 0 amide bonds. The maximum atomic E-state index is 14.1. The van der Waals surface area contributed by atoms with E-state index in [1.807, 2.05) is 36.4 Å². The predicted molar refractivity (Wildman–Crippen MR) is 109 cm³/mol. The van der Waals surface area contributed by atoms with Gasteiger partial charge in [-0.1, -0.05) is 18.2 Å². The van der Waals surface area contributed by atoms with Crippen LogP contribution in [0.3, 0.4) is 0 Å². The molecule has 1 aromatic heterocycles. The molecule has 2 heterocycles. The van der Waals surface area contributed by atoms with Gasteiger partial charge >= 0.3 is 0 Å². The molecule has 0 bridgehead atoms. The Labute approximate surface area is 172 Å². The number of aromatic nitrogens is 2. The molecule has 30 heavy (non-hydrogen) atoms. The molecule has 4 rings (SSSR count). The fourth-order valence-electron chi connectivity index (χ4n) is 3.22. The van der Waals surface area contributed by atoms with Crippen molar-refractivity contribution in [3.8, 4) is 23.1 Å². The summed E-state index contributed by atoms with van der Waals surface area (Å²) >= 11 is 0. The Balaban J connectivity index is 1.57. The highest BCUT2D eigenvalue weighted by Gasteiger charge is 2.43. The van der Waals surface area contributed by atoms with Crippen molar-refractivity contribution in [1.82, 2.24) is 15.3 Å². The first kappa shape index (κ1) is 19.7. The number of hydrogen-bond acceptors (Lipinski definition) is 6. The number of nitriles is 1. The number of benzene rings is 2. The minimum atomic E-state index is -2.99. The molecule has 6 nitrogen and oxygen atoms in total. The lowest BCUT2D eigenvalue weighted by molar-refractivity contribution is -0.109. The number of nitrogens with one attached hydrogen (secondary N) is 2. The van der Waals surface area contributed by atoms with Crippen LogP contribution in [0.1, 0.15) is 12.0 Å². The van der Waals surface area contributed by atoms with Gasteiger partial charge in [0, 0.05) is 23.9 Å². The second kappa shape index (κ2) is 8.43. The van der Waals surface area contributed by atoms with Crippen molar-refractivity contribution in [2.75, 3.05) is 18.4 Å². The van der Waals surface area contributed by atoms with E-state index in [0.29, 0.717) is 23.8 Å². The summed E-state index contributed by atoms with van der Waals surface area (Å²) in [5.41, 5.74) is 2.28. The molecule has 1 unspecified atom stereocenters. The smallest absolute Gasteiger partial charge is 0.296 e. The highest BCUT2D eigenvalue weighted by atomic mass is 19.3. The Kier molecular flexibility index (Phi) is 5.55. The molecule has 2 N–H and O–H groups in total. The van der Waals surface area contributed by atoms with E-state index in [2.05, 4.69) is 20.6 Å². The van der Waals surface area contributed by atoms with E-state index in [1.54, 1.807) is 30.5 Å². The summed E-state index contributed by atoms with van der Waals surface area (Å²) in [7, 11) is 0. The average Bonchev–Trinajstić information content (AvgIpc) is 2.76. The molecule has 0 aliphatic carbocycles. The van der Waals surface area contributed by atoms with Crippen LogP contribution < -0.4 is 15.4 Å². The standard InChI is InChI=1S/C22H19F2N5O/c23-22(24)14-26-10-9-20(22)30-19-7-6-15(12-16(19)13-25)18-8-11-27-21(29-18)28-17-4-2-1-3-5-17/h1-8,11-12,20,26H,9-10,14H2,(H,27,28,29). The van der Waals surface area contributed by atoms with Gasteiger partial charge in [-0.05, 0) is 42.9 Å². The highest BCUT2D eigenvalue weighted by Crippen LogP contribution is 2.31. The number of nitrogens with zero attached hydrogens (tertiary/aromatic N) is 3. The zero-order chi connectivity index (χ0) is 21.0. The number of ether oxygens (including phenoxy) is 1.